The quantitative estimate of drug-likeness (QED) is 0.923. The van der Waals surface area contributed by atoms with Crippen molar-refractivity contribution in [3.05, 3.63) is 10.6 Å². The van der Waals surface area contributed by atoms with E-state index in [0.29, 0.717) is 12.0 Å². The van der Waals surface area contributed by atoms with Crippen molar-refractivity contribution in [1.82, 2.24) is 4.98 Å². The maximum absolute atomic E-state index is 5.80. The molecule has 2 heterocycles. The van der Waals surface area contributed by atoms with Crippen LogP contribution in [0.3, 0.4) is 0 Å². The molecule has 0 aromatic carbocycles. The van der Waals surface area contributed by atoms with Gasteiger partial charge in [-0.25, -0.2) is 4.98 Å². The van der Waals surface area contributed by atoms with E-state index in [1.807, 2.05) is 0 Å². The Balaban J connectivity index is 2.03. The smallest absolute Gasteiger partial charge is 0.185 e. The summed E-state index contributed by atoms with van der Waals surface area (Å²) in [6, 6.07) is 0. The van der Waals surface area contributed by atoms with Crippen LogP contribution in [0.4, 0.5) is 5.13 Å². The number of anilines is 1. The lowest BCUT2D eigenvalue weighted by Gasteiger charge is -2.38. The minimum atomic E-state index is 0.436. The van der Waals surface area contributed by atoms with Crippen LogP contribution >= 0.6 is 11.3 Å². The van der Waals surface area contributed by atoms with E-state index >= 15 is 0 Å². The normalized spacial score (nSPS) is 18.1. The molecule has 108 valence electrons. The van der Waals surface area contributed by atoms with Crippen LogP contribution in [-0.2, 0) is 13.0 Å². The molecule has 0 saturated carbocycles. The second-order valence-corrected chi connectivity index (χ2v) is 7.61. The summed E-state index contributed by atoms with van der Waals surface area (Å²) in [6.07, 6.45) is 3.55. The molecule has 0 amide bonds. The Morgan fingerprint density at radius 1 is 1.32 bits per heavy atom. The molecule has 2 rings (SSSR count). The molecule has 1 aromatic rings. The van der Waals surface area contributed by atoms with Crippen molar-refractivity contribution in [2.45, 2.75) is 53.5 Å². The zero-order valence-corrected chi connectivity index (χ0v) is 13.5. The van der Waals surface area contributed by atoms with Gasteiger partial charge in [-0.3, -0.25) is 0 Å². The summed E-state index contributed by atoms with van der Waals surface area (Å²) in [4.78, 5) is 8.48. The SMILES string of the molecule is CCc1nc(N2CCC(C(C)(C)C)CC2)sc1CN. The molecule has 1 aromatic heterocycles. The number of nitrogens with two attached hydrogens (primary N) is 1. The molecule has 2 N–H and O–H groups in total. The number of nitrogens with zero attached hydrogens (tertiary/aromatic N) is 2. The largest absolute Gasteiger partial charge is 0.348 e. The molecule has 1 fully saturated rings. The lowest BCUT2D eigenvalue weighted by molar-refractivity contribution is 0.199. The molecule has 0 unspecified atom stereocenters. The Labute approximate surface area is 121 Å². The van der Waals surface area contributed by atoms with Gasteiger partial charge >= 0.3 is 0 Å². The molecule has 4 heteroatoms. The second kappa shape index (κ2) is 5.80. The third kappa shape index (κ3) is 3.29. The summed E-state index contributed by atoms with van der Waals surface area (Å²) in [5, 5.41) is 1.18. The number of hydrogen-bond acceptors (Lipinski definition) is 4. The highest BCUT2D eigenvalue weighted by molar-refractivity contribution is 7.15. The van der Waals surface area contributed by atoms with Gasteiger partial charge in [-0.15, -0.1) is 11.3 Å². The van der Waals surface area contributed by atoms with E-state index in [1.165, 1.54) is 28.5 Å². The van der Waals surface area contributed by atoms with E-state index in [2.05, 4.69) is 32.6 Å². The molecule has 1 saturated heterocycles. The van der Waals surface area contributed by atoms with Crippen molar-refractivity contribution >= 4 is 16.5 Å². The van der Waals surface area contributed by atoms with Crippen LogP contribution in [0.15, 0.2) is 0 Å². The van der Waals surface area contributed by atoms with Crippen molar-refractivity contribution < 1.29 is 0 Å². The van der Waals surface area contributed by atoms with Crippen LogP contribution in [0.2, 0.25) is 0 Å². The average molecular weight is 281 g/mol. The van der Waals surface area contributed by atoms with E-state index in [1.54, 1.807) is 11.3 Å². The van der Waals surface area contributed by atoms with Crippen molar-refractivity contribution in [2.24, 2.45) is 17.1 Å². The molecule has 0 radical (unpaired) electrons. The Bertz CT molecular complexity index is 390. The maximum Gasteiger partial charge on any atom is 0.185 e. The lowest BCUT2D eigenvalue weighted by Crippen LogP contribution is -2.37. The highest BCUT2D eigenvalue weighted by Gasteiger charge is 2.29. The van der Waals surface area contributed by atoms with Crippen LogP contribution in [0.1, 0.15) is 51.1 Å². The van der Waals surface area contributed by atoms with Gasteiger partial charge in [0.25, 0.3) is 0 Å². The number of aryl methyl sites for hydroxylation is 1. The van der Waals surface area contributed by atoms with Gasteiger partial charge in [-0.2, -0.15) is 0 Å². The zero-order chi connectivity index (χ0) is 14.0. The van der Waals surface area contributed by atoms with Gasteiger partial charge in [0, 0.05) is 24.5 Å². The van der Waals surface area contributed by atoms with Gasteiger partial charge in [0.05, 0.1) is 5.69 Å². The molecule has 0 spiro atoms. The predicted octanol–water partition coefficient (Wildman–Crippen LogP) is 3.43. The Morgan fingerprint density at radius 3 is 2.37 bits per heavy atom. The van der Waals surface area contributed by atoms with E-state index in [0.717, 1.165) is 25.4 Å². The first-order valence-electron chi connectivity index (χ1n) is 7.39. The maximum atomic E-state index is 5.80. The van der Waals surface area contributed by atoms with Crippen molar-refractivity contribution in [3.8, 4) is 0 Å². The zero-order valence-electron chi connectivity index (χ0n) is 12.7. The predicted molar refractivity (Wildman–Crippen MR) is 83.8 cm³/mol. The minimum Gasteiger partial charge on any atom is -0.348 e. The Hall–Kier alpha value is -0.610. The van der Waals surface area contributed by atoms with Gasteiger partial charge in [-0.1, -0.05) is 27.7 Å². The number of hydrogen-bond donors (Lipinski definition) is 1. The Morgan fingerprint density at radius 2 is 1.95 bits per heavy atom. The van der Waals surface area contributed by atoms with Gasteiger partial charge in [0.1, 0.15) is 0 Å². The Kier molecular flexibility index (Phi) is 4.51. The fraction of sp³-hybridized carbons (Fsp3) is 0.800. The van der Waals surface area contributed by atoms with Crippen LogP contribution in [0.5, 0.6) is 0 Å². The summed E-state index contributed by atoms with van der Waals surface area (Å²) in [5.74, 6) is 0.836. The van der Waals surface area contributed by atoms with Crippen molar-refractivity contribution in [2.75, 3.05) is 18.0 Å². The van der Waals surface area contributed by atoms with E-state index in [-0.39, 0.29) is 0 Å². The number of piperidine rings is 1. The monoisotopic (exact) mass is 281 g/mol. The third-order valence-electron chi connectivity index (χ3n) is 4.28. The van der Waals surface area contributed by atoms with E-state index < -0.39 is 0 Å². The van der Waals surface area contributed by atoms with E-state index in [9.17, 15) is 0 Å². The highest BCUT2D eigenvalue weighted by atomic mass is 32.1. The standard InChI is InChI=1S/C15H27N3S/c1-5-12-13(10-16)19-14(17-12)18-8-6-11(7-9-18)15(2,3)4/h11H,5-10,16H2,1-4H3. The first-order chi connectivity index (χ1) is 8.95. The van der Waals surface area contributed by atoms with Crippen LogP contribution in [0.25, 0.3) is 0 Å². The van der Waals surface area contributed by atoms with E-state index in [4.69, 9.17) is 10.7 Å². The molecular formula is C15H27N3S. The van der Waals surface area contributed by atoms with Crippen LogP contribution in [-0.4, -0.2) is 18.1 Å². The van der Waals surface area contributed by atoms with Gasteiger partial charge in [-0.05, 0) is 30.6 Å². The fourth-order valence-corrected chi connectivity index (χ4v) is 3.96. The summed E-state index contributed by atoms with van der Waals surface area (Å²) in [7, 11) is 0. The molecular weight excluding hydrogens is 254 g/mol. The van der Waals surface area contributed by atoms with Gasteiger partial charge in [0.2, 0.25) is 0 Å². The van der Waals surface area contributed by atoms with Crippen molar-refractivity contribution in [3.63, 3.8) is 0 Å². The number of aromatic nitrogens is 1. The first kappa shape index (κ1) is 14.8. The molecule has 3 nitrogen and oxygen atoms in total. The topological polar surface area (TPSA) is 42.2 Å². The van der Waals surface area contributed by atoms with Gasteiger partial charge < -0.3 is 10.6 Å². The summed E-state index contributed by atoms with van der Waals surface area (Å²) in [6.45, 7) is 12.1. The summed E-state index contributed by atoms with van der Waals surface area (Å²) < 4.78 is 0. The van der Waals surface area contributed by atoms with Crippen molar-refractivity contribution in [1.29, 1.82) is 0 Å². The molecule has 0 atom stereocenters. The number of rotatable bonds is 3. The molecule has 1 aliphatic heterocycles. The van der Waals surface area contributed by atoms with Crippen LogP contribution < -0.4 is 10.6 Å². The average Bonchev–Trinajstić information content (AvgIpc) is 2.81. The lowest BCUT2D eigenvalue weighted by atomic mass is 9.75. The third-order valence-corrected chi connectivity index (χ3v) is 5.46. The fourth-order valence-electron chi connectivity index (χ4n) is 2.88. The van der Waals surface area contributed by atoms with Crippen LogP contribution in [0, 0.1) is 11.3 Å². The van der Waals surface area contributed by atoms with Gasteiger partial charge in [0.15, 0.2) is 5.13 Å². The molecule has 0 aliphatic carbocycles. The summed E-state index contributed by atoms with van der Waals surface area (Å²) >= 11 is 1.79. The molecule has 19 heavy (non-hydrogen) atoms. The first-order valence-corrected chi connectivity index (χ1v) is 8.21. The molecule has 1 aliphatic rings. The second-order valence-electron chi connectivity index (χ2n) is 6.55. The highest BCUT2D eigenvalue weighted by Crippen LogP contribution is 2.36. The summed E-state index contributed by atoms with van der Waals surface area (Å²) in [5.41, 5.74) is 7.43. The minimum absolute atomic E-state index is 0.436. The number of thiazole rings is 1. The molecule has 0 bridgehead atoms.